The van der Waals surface area contributed by atoms with Crippen LogP contribution >= 0.6 is 11.3 Å². The number of aromatic nitrogens is 3. The molecule has 0 radical (unpaired) electrons. The van der Waals surface area contributed by atoms with E-state index in [-0.39, 0.29) is 5.56 Å². The smallest absolute Gasteiger partial charge is 0.257 e. The molecular weight excluding hydrogens is 330 g/mol. The van der Waals surface area contributed by atoms with Gasteiger partial charge in [0.05, 0.1) is 11.3 Å². The molecule has 0 saturated carbocycles. The molecule has 0 unspecified atom stereocenters. The number of thiazole rings is 1. The van der Waals surface area contributed by atoms with Crippen molar-refractivity contribution < 1.29 is 0 Å². The van der Waals surface area contributed by atoms with Crippen LogP contribution < -0.4 is 5.56 Å². The van der Waals surface area contributed by atoms with Crippen molar-refractivity contribution in [3.8, 4) is 33.0 Å². The Balaban J connectivity index is 1.79. The van der Waals surface area contributed by atoms with Crippen LogP contribution in [0.15, 0.2) is 46.8 Å². The molecule has 0 bridgehead atoms. The van der Waals surface area contributed by atoms with Gasteiger partial charge in [0.25, 0.3) is 5.56 Å². The molecule has 2 N–H and O–H groups in total. The zero-order chi connectivity index (χ0) is 17.6. The van der Waals surface area contributed by atoms with E-state index in [1.54, 1.807) is 11.3 Å². The number of hydrogen-bond acceptors (Lipinski definition) is 3. The SMILES string of the molecule is Cc1cc(-c2csc(-c3c[nH]cc4cccc3-4)n2)c(=O)[nH]c1C(C)C. The van der Waals surface area contributed by atoms with Gasteiger partial charge in [-0.15, -0.1) is 11.3 Å². The molecule has 2 aromatic heterocycles. The van der Waals surface area contributed by atoms with E-state index in [1.165, 1.54) is 5.56 Å². The number of rotatable bonds is 3. The summed E-state index contributed by atoms with van der Waals surface area (Å²) >= 11 is 1.56. The van der Waals surface area contributed by atoms with E-state index in [2.05, 4.69) is 35.9 Å². The number of aryl methyl sites for hydroxylation is 1. The van der Waals surface area contributed by atoms with Crippen molar-refractivity contribution in [2.75, 3.05) is 0 Å². The lowest BCUT2D eigenvalue weighted by Crippen LogP contribution is -2.14. The lowest BCUT2D eigenvalue weighted by Gasteiger charge is -2.10. The summed E-state index contributed by atoms with van der Waals surface area (Å²) in [5.74, 6) is 0.290. The van der Waals surface area contributed by atoms with Crippen molar-refractivity contribution >= 4 is 11.3 Å². The predicted molar refractivity (Wildman–Crippen MR) is 103 cm³/mol. The fourth-order valence-electron chi connectivity index (χ4n) is 3.23. The van der Waals surface area contributed by atoms with Crippen LogP contribution in [0, 0.1) is 6.92 Å². The number of fused-ring (bicyclic) bond motifs is 1. The molecule has 0 atom stereocenters. The Bertz CT molecular complexity index is 1070. The van der Waals surface area contributed by atoms with E-state index >= 15 is 0 Å². The molecule has 25 heavy (non-hydrogen) atoms. The maximum atomic E-state index is 12.5. The zero-order valence-electron chi connectivity index (χ0n) is 14.4. The van der Waals surface area contributed by atoms with Gasteiger partial charge in [-0.3, -0.25) is 4.79 Å². The number of H-pyrrole nitrogens is 2. The Hall–Kier alpha value is -2.66. The molecule has 126 valence electrons. The van der Waals surface area contributed by atoms with Crippen LogP contribution in [0.3, 0.4) is 0 Å². The predicted octanol–water partition coefficient (Wildman–Crippen LogP) is 5.03. The third kappa shape index (κ3) is 2.70. The van der Waals surface area contributed by atoms with Crippen LogP contribution in [0.25, 0.3) is 33.0 Å². The highest BCUT2D eigenvalue weighted by Gasteiger charge is 2.16. The van der Waals surface area contributed by atoms with Crippen molar-refractivity contribution in [1.29, 1.82) is 0 Å². The first-order valence-corrected chi connectivity index (χ1v) is 9.18. The van der Waals surface area contributed by atoms with E-state index in [0.717, 1.165) is 33.1 Å². The normalized spacial score (nSPS) is 11.5. The molecular formula is C20H19N3OS. The summed E-state index contributed by atoms with van der Waals surface area (Å²) in [7, 11) is 0. The third-order valence-corrected chi connectivity index (χ3v) is 5.35. The molecule has 0 amide bonds. The largest absolute Gasteiger partial charge is 0.366 e. The van der Waals surface area contributed by atoms with E-state index in [9.17, 15) is 4.79 Å². The molecule has 1 aliphatic heterocycles. The molecule has 2 aromatic rings. The van der Waals surface area contributed by atoms with Gasteiger partial charge in [-0.1, -0.05) is 32.0 Å². The quantitative estimate of drug-likeness (QED) is 0.545. The second-order valence-corrected chi connectivity index (χ2v) is 7.42. The van der Waals surface area contributed by atoms with Crippen LogP contribution in [0.4, 0.5) is 0 Å². The van der Waals surface area contributed by atoms with Gasteiger partial charge in [0.15, 0.2) is 0 Å². The first kappa shape index (κ1) is 15.8. The molecule has 4 rings (SSSR count). The number of hydrogen-bond donors (Lipinski definition) is 2. The minimum atomic E-state index is -0.0794. The first-order chi connectivity index (χ1) is 12.0. The maximum Gasteiger partial charge on any atom is 0.257 e. The second-order valence-electron chi connectivity index (χ2n) is 6.57. The first-order valence-electron chi connectivity index (χ1n) is 8.30. The number of nitrogens with zero attached hydrogens (tertiary/aromatic N) is 1. The summed E-state index contributed by atoms with van der Waals surface area (Å²) in [5, 5.41) is 2.86. The standard InChI is InChI=1S/C20H19N3OS/c1-11(2)18-12(3)7-15(19(24)23-18)17-10-25-20(22-17)16-9-21-8-13-5-4-6-14(13)16/h4-11,21H,1-3H3,(H,23,24). The Morgan fingerprint density at radius 3 is 2.76 bits per heavy atom. The minimum absolute atomic E-state index is 0.0794. The second kappa shape index (κ2) is 6.01. The van der Waals surface area contributed by atoms with Crippen molar-refractivity contribution in [2.45, 2.75) is 26.7 Å². The van der Waals surface area contributed by atoms with E-state index in [4.69, 9.17) is 4.98 Å². The Morgan fingerprint density at radius 2 is 1.96 bits per heavy atom. The van der Waals surface area contributed by atoms with Gasteiger partial charge in [0.1, 0.15) is 5.01 Å². The molecule has 0 fully saturated rings. The van der Waals surface area contributed by atoms with Crippen molar-refractivity contribution in [3.05, 3.63) is 63.7 Å². The summed E-state index contributed by atoms with van der Waals surface area (Å²) in [6, 6.07) is 8.15. The van der Waals surface area contributed by atoms with Gasteiger partial charge in [-0.2, -0.15) is 0 Å². The fourth-order valence-corrected chi connectivity index (χ4v) is 4.08. The van der Waals surface area contributed by atoms with Crippen LogP contribution in [0.5, 0.6) is 0 Å². The van der Waals surface area contributed by atoms with Crippen LogP contribution in [0.1, 0.15) is 31.0 Å². The van der Waals surface area contributed by atoms with Crippen molar-refractivity contribution in [3.63, 3.8) is 0 Å². The van der Waals surface area contributed by atoms with Gasteiger partial charge in [-0.05, 0) is 35.6 Å². The van der Waals surface area contributed by atoms with Crippen LogP contribution in [-0.2, 0) is 0 Å². The highest BCUT2D eigenvalue weighted by molar-refractivity contribution is 7.13. The Labute approximate surface area is 149 Å². The summed E-state index contributed by atoms with van der Waals surface area (Å²) in [6.45, 7) is 6.19. The highest BCUT2D eigenvalue weighted by Crippen LogP contribution is 2.36. The lowest BCUT2D eigenvalue weighted by atomic mass is 10.0. The summed E-state index contributed by atoms with van der Waals surface area (Å²) in [4.78, 5) is 23.4. The topological polar surface area (TPSA) is 61.5 Å². The average Bonchev–Trinajstić information content (AvgIpc) is 3.24. The molecule has 0 spiro atoms. The fraction of sp³-hybridized carbons (Fsp3) is 0.200. The van der Waals surface area contributed by atoms with Crippen LogP contribution in [0.2, 0.25) is 0 Å². The Kier molecular flexibility index (Phi) is 3.81. The summed E-state index contributed by atoms with van der Waals surface area (Å²) in [5.41, 5.74) is 6.73. The monoisotopic (exact) mass is 349 g/mol. The molecule has 0 aromatic carbocycles. The number of pyridine rings is 2. The molecule has 5 heteroatoms. The maximum absolute atomic E-state index is 12.5. The average molecular weight is 349 g/mol. The van der Waals surface area contributed by atoms with E-state index < -0.39 is 0 Å². The summed E-state index contributed by atoms with van der Waals surface area (Å²) in [6.07, 6.45) is 3.94. The third-order valence-electron chi connectivity index (χ3n) is 4.47. The van der Waals surface area contributed by atoms with Gasteiger partial charge in [-0.25, -0.2) is 4.98 Å². The van der Waals surface area contributed by atoms with Gasteiger partial charge >= 0.3 is 0 Å². The number of aromatic amines is 2. The van der Waals surface area contributed by atoms with Crippen LogP contribution in [-0.4, -0.2) is 15.0 Å². The Morgan fingerprint density at radius 1 is 1.12 bits per heavy atom. The molecule has 4 nitrogen and oxygen atoms in total. The van der Waals surface area contributed by atoms with Crippen molar-refractivity contribution in [1.82, 2.24) is 15.0 Å². The van der Waals surface area contributed by atoms with Crippen molar-refractivity contribution in [2.24, 2.45) is 0 Å². The van der Waals surface area contributed by atoms with Gasteiger partial charge in [0.2, 0.25) is 0 Å². The molecule has 3 heterocycles. The number of nitrogens with one attached hydrogen (secondary N) is 2. The van der Waals surface area contributed by atoms with Gasteiger partial charge < -0.3 is 9.97 Å². The van der Waals surface area contributed by atoms with E-state index in [1.807, 2.05) is 36.8 Å². The molecule has 2 aliphatic rings. The molecule has 1 aliphatic carbocycles. The van der Waals surface area contributed by atoms with Gasteiger partial charge in [0, 0.05) is 29.0 Å². The zero-order valence-corrected chi connectivity index (χ0v) is 15.2. The highest BCUT2D eigenvalue weighted by atomic mass is 32.1. The summed E-state index contributed by atoms with van der Waals surface area (Å²) < 4.78 is 0. The van der Waals surface area contributed by atoms with E-state index in [0.29, 0.717) is 11.5 Å². The molecule has 0 saturated heterocycles. The lowest BCUT2D eigenvalue weighted by molar-refractivity contribution is 0.805. The minimum Gasteiger partial charge on any atom is -0.366 e.